The number of hydrogen-bond acceptors (Lipinski definition) is 3. The highest BCUT2D eigenvalue weighted by Gasteiger charge is 2.09. The van der Waals surface area contributed by atoms with Gasteiger partial charge in [0, 0.05) is 12.1 Å². The maximum atomic E-state index is 11.8. The van der Waals surface area contributed by atoms with Crippen LogP contribution in [0.1, 0.15) is 17.3 Å². The number of halogens is 1. The van der Waals surface area contributed by atoms with Crippen LogP contribution >= 0.6 is 23.4 Å². The minimum Gasteiger partial charge on any atom is -0.506 e. The van der Waals surface area contributed by atoms with Gasteiger partial charge < -0.3 is 10.4 Å². The van der Waals surface area contributed by atoms with Gasteiger partial charge in [-0.15, -0.1) is 0 Å². The van der Waals surface area contributed by atoms with Crippen molar-refractivity contribution in [3.05, 3.63) is 28.8 Å². The van der Waals surface area contributed by atoms with E-state index in [0.717, 1.165) is 5.75 Å². The van der Waals surface area contributed by atoms with E-state index in [-0.39, 0.29) is 16.7 Å². The fourth-order valence-corrected chi connectivity index (χ4v) is 2.23. The Morgan fingerprint density at radius 3 is 2.88 bits per heavy atom. The van der Waals surface area contributed by atoms with Crippen LogP contribution in [0.5, 0.6) is 5.75 Å². The monoisotopic (exact) mass is 273 g/mol. The van der Waals surface area contributed by atoms with Crippen molar-refractivity contribution in [2.45, 2.75) is 6.92 Å². The molecule has 0 unspecified atom stereocenters. The molecule has 1 amide bonds. The lowest BCUT2D eigenvalue weighted by atomic mass is 10.2. The van der Waals surface area contributed by atoms with Crippen LogP contribution in [0.3, 0.4) is 0 Å². The number of aromatic hydroxyl groups is 1. The van der Waals surface area contributed by atoms with Crippen molar-refractivity contribution >= 4 is 29.3 Å². The second-order valence-electron chi connectivity index (χ2n) is 3.94. The van der Waals surface area contributed by atoms with Gasteiger partial charge in [0.15, 0.2) is 0 Å². The van der Waals surface area contributed by atoms with Crippen molar-refractivity contribution in [2.75, 3.05) is 18.6 Å². The predicted molar refractivity (Wildman–Crippen MR) is 73.0 cm³/mol. The molecule has 0 saturated carbocycles. The molecule has 5 heteroatoms. The topological polar surface area (TPSA) is 49.3 Å². The van der Waals surface area contributed by atoms with E-state index in [1.54, 1.807) is 17.8 Å². The molecule has 3 nitrogen and oxygen atoms in total. The molecule has 0 bridgehead atoms. The molecular formula is C12H16ClNO2S. The lowest BCUT2D eigenvalue weighted by Gasteiger charge is -2.11. The zero-order valence-corrected chi connectivity index (χ0v) is 11.4. The number of thioether (sulfide) groups is 1. The molecule has 0 radical (unpaired) electrons. The van der Waals surface area contributed by atoms with Crippen LogP contribution in [0, 0.1) is 5.92 Å². The lowest BCUT2D eigenvalue weighted by Crippen LogP contribution is -2.29. The van der Waals surface area contributed by atoms with Crippen LogP contribution in [0.2, 0.25) is 5.02 Å². The number of hydrogen-bond donors (Lipinski definition) is 2. The summed E-state index contributed by atoms with van der Waals surface area (Å²) in [5.41, 5.74) is 0.462. The number of phenols is 1. The summed E-state index contributed by atoms with van der Waals surface area (Å²) in [5.74, 6) is 1.26. The van der Waals surface area contributed by atoms with Crippen molar-refractivity contribution in [3.8, 4) is 5.75 Å². The largest absolute Gasteiger partial charge is 0.506 e. The Morgan fingerprint density at radius 2 is 2.29 bits per heavy atom. The maximum absolute atomic E-state index is 11.8. The SMILES string of the molecule is CSC[C@@H](C)CNC(=O)c1ccc(O)c(Cl)c1. The molecule has 1 aromatic rings. The Bertz CT molecular complexity index is 398. The number of benzene rings is 1. The molecule has 0 aliphatic heterocycles. The summed E-state index contributed by atoms with van der Waals surface area (Å²) in [4.78, 5) is 11.8. The Hall–Kier alpha value is -0.870. The lowest BCUT2D eigenvalue weighted by molar-refractivity contribution is 0.0949. The van der Waals surface area contributed by atoms with Gasteiger partial charge in [-0.05, 0) is 36.1 Å². The molecule has 0 heterocycles. The van der Waals surface area contributed by atoms with Crippen molar-refractivity contribution in [1.82, 2.24) is 5.32 Å². The summed E-state index contributed by atoms with van der Waals surface area (Å²) in [6, 6.07) is 4.43. The van der Waals surface area contributed by atoms with E-state index in [4.69, 9.17) is 11.6 Å². The van der Waals surface area contributed by atoms with Crippen LogP contribution in [0.25, 0.3) is 0 Å². The molecule has 0 aromatic heterocycles. The van der Waals surface area contributed by atoms with E-state index in [1.165, 1.54) is 12.1 Å². The van der Waals surface area contributed by atoms with Crippen LogP contribution in [-0.4, -0.2) is 29.6 Å². The van der Waals surface area contributed by atoms with Crippen LogP contribution in [-0.2, 0) is 0 Å². The molecule has 0 spiro atoms. The fraction of sp³-hybridized carbons (Fsp3) is 0.417. The summed E-state index contributed by atoms with van der Waals surface area (Å²) in [6.45, 7) is 2.72. The standard InChI is InChI=1S/C12H16ClNO2S/c1-8(7-17-2)6-14-12(16)9-3-4-11(15)10(13)5-9/h3-5,8,15H,6-7H2,1-2H3,(H,14,16)/t8-/m0/s1. The van der Waals surface area contributed by atoms with Gasteiger partial charge >= 0.3 is 0 Å². The van der Waals surface area contributed by atoms with Crippen LogP contribution in [0.15, 0.2) is 18.2 Å². The van der Waals surface area contributed by atoms with E-state index in [1.807, 2.05) is 6.26 Å². The Morgan fingerprint density at radius 1 is 1.59 bits per heavy atom. The fourth-order valence-electron chi connectivity index (χ4n) is 1.36. The molecule has 1 rings (SSSR count). The Kier molecular flexibility index (Phi) is 5.65. The van der Waals surface area contributed by atoms with Gasteiger partial charge in [-0.3, -0.25) is 4.79 Å². The summed E-state index contributed by atoms with van der Waals surface area (Å²) in [6.07, 6.45) is 2.04. The summed E-state index contributed by atoms with van der Waals surface area (Å²) in [7, 11) is 0. The first-order valence-electron chi connectivity index (χ1n) is 5.30. The van der Waals surface area contributed by atoms with Gasteiger partial charge in [-0.1, -0.05) is 18.5 Å². The highest BCUT2D eigenvalue weighted by atomic mass is 35.5. The van der Waals surface area contributed by atoms with E-state index >= 15 is 0 Å². The summed E-state index contributed by atoms with van der Waals surface area (Å²) >= 11 is 7.49. The number of rotatable bonds is 5. The van der Waals surface area contributed by atoms with Gasteiger partial charge in [0.2, 0.25) is 0 Å². The molecule has 94 valence electrons. The molecule has 1 atom stereocenters. The zero-order valence-electron chi connectivity index (χ0n) is 9.87. The number of carbonyl (C=O) groups is 1. The van der Waals surface area contributed by atoms with Gasteiger partial charge in [0.25, 0.3) is 5.91 Å². The third-order valence-corrected chi connectivity index (χ3v) is 3.48. The minimum absolute atomic E-state index is 0.0148. The van der Waals surface area contributed by atoms with Crippen molar-refractivity contribution in [3.63, 3.8) is 0 Å². The summed E-state index contributed by atoms with van der Waals surface area (Å²) in [5, 5.41) is 12.3. The third-order valence-electron chi connectivity index (χ3n) is 2.27. The highest BCUT2D eigenvalue weighted by molar-refractivity contribution is 7.98. The van der Waals surface area contributed by atoms with E-state index in [0.29, 0.717) is 18.0 Å². The van der Waals surface area contributed by atoms with E-state index in [9.17, 15) is 9.90 Å². The van der Waals surface area contributed by atoms with Crippen molar-refractivity contribution in [1.29, 1.82) is 0 Å². The third kappa shape index (κ3) is 4.48. The first kappa shape index (κ1) is 14.2. The van der Waals surface area contributed by atoms with Gasteiger partial charge in [-0.25, -0.2) is 0 Å². The number of nitrogens with one attached hydrogen (secondary N) is 1. The second kappa shape index (κ2) is 6.77. The number of phenolic OH excluding ortho intramolecular Hbond substituents is 1. The molecule has 0 aliphatic rings. The molecular weight excluding hydrogens is 258 g/mol. The first-order valence-corrected chi connectivity index (χ1v) is 7.07. The average Bonchev–Trinajstić information content (AvgIpc) is 2.30. The van der Waals surface area contributed by atoms with Gasteiger partial charge in [0.1, 0.15) is 5.75 Å². The first-order chi connectivity index (χ1) is 8.04. The number of amides is 1. The minimum atomic E-state index is -0.167. The number of carbonyl (C=O) groups excluding carboxylic acids is 1. The van der Waals surface area contributed by atoms with Gasteiger partial charge in [-0.2, -0.15) is 11.8 Å². The van der Waals surface area contributed by atoms with Crippen LogP contribution in [0.4, 0.5) is 0 Å². The molecule has 0 fully saturated rings. The van der Waals surface area contributed by atoms with Gasteiger partial charge in [0.05, 0.1) is 5.02 Å². The average molecular weight is 274 g/mol. The van der Waals surface area contributed by atoms with E-state index < -0.39 is 0 Å². The Balaban J connectivity index is 2.55. The molecule has 1 aromatic carbocycles. The zero-order chi connectivity index (χ0) is 12.8. The normalized spacial score (nSPS) is 12.2. The maximum Gasteiger partial charge on any atom is 0.251 e. The molecule has 2 N–H and O–H groups in total. The molecule has 0 saturated heterocycles. The van der Waals surface area contributed by atoms with Crippen LogP contribution < -0.4 is 5.32 Å². The quantitative estimate of drug-likeness (QED) is 0.867. The smallest absolute Gasteiger partial charge is 0.251 e. The van der Waals surface area contributed by atoms with E-state index in [2.05, 4.69) is 12.2 Å². The Labute approximate surface area is 111 Å². The molecule has 0 aliphatic carbocycles. The summed E-state index contributed by atoms with van der Waals surface area (Å²) < 4.78 is 0. The second-order valence-corrected chi connectivity index (χ2v) is 5.25. The predicted octanol–water partition coefficient (Wildman–Crippen LogP) is 2.77. The van der Waals surface area contributed by atoms with Crippen molar-refractivity contribution < 1.29 is 9.90 Å². The molecule has 17 heavy (non-hydrogen) atoms. The van der Waals surface area contributed by atoms with Crippen molar-refractivity contribution in [2.24, 2.45) is 5.92 Å². The highest BCUT2D eigenvalue weighted by Crippen LogP contribution is 2.23.